The first-order valence-electron chi connectivity index (χ1n) is 7.68. The number of ether oxygens (including phenoxy) is 1. The van der Waals surface area contributed by atoms with E-state index in [1.807, 2.05) is 6.08 Å². The molecule has 19 heavy (non-hydrogen) atoms. The summed E-state index contributed by atoms with van der Waals surface area (Å²) in [7, 11) is 0. The molecule has 1 heterocycles. The van der Waals surface area contributed by atoms with Gasteiger partial charge < -0.3 is 4.74 Å². The first-order valence-corrected chi connectivity index (χ1v) is 7.68. The van der Waals surface area contributed by atoms with Gasteiger partial charge in [0.15, 0.2) is 5.92 Å². The predicted molar refractivity (Wildman–Crippen MR) is 75.6 cm³/mol. The van der Waals surface area contributed by atoms with Crippen LogP contribution in [-0.4, -0.2) is 11.9 Å². The molecule has 0 amide bonds. The van der Waals surface area contributed by atoms with Crippen molar-refractivity contribution in [2.75, 3.05) is 0 Å². The fourth-order valence-corrected chi connectivity index (χ4v) is 2.23. The van der Waals surface area contributed by atoms with Crippen molar-refractivity contribution in [3.8, 4) is 0 Å². The SMILES string of the molecule is CCCCCCCCCCC/C=C\C1C(=O)OC1=O. The van der Waals surface area contributed by atoms with Crippen LogP contribution in [0.15, 0.2) is 12.2 Å². The van der Waals surface area contributed by atoms with E-state index in [0.29, 0.717) is 0 Å². The summed E-state index contributed by atoms with van der Waals surface area (Å²) in [5.74, 6) is -1.43. The zero-order chi connectivity index (χ0) is 13.9. The first-order chi connectivity index (χ1) is 9.25. The molecule has 0 atom stereocenters. The molecular weight excluding hydrogens is 240 g/mol. The van der Waals surface area contributed by atoms with Gasteiger partial charge in [-0.3, -0.25) is 9.59 Å². The summed E-state index contributed by atoms with van der Waals surface area (Å²) < 4.78 is 4.27. The Morgan fingerprint density at radius 1 is 0.895 bits per heavy atom. The van der Waals surface area contributed by atoms with E-state index in [4.69, 9.17) is 0 Å². The first kappa shape index (κ1) is 15.9. The highest BCUT2D eigenvalue weighted by molar-refractivity contribution is 6.11. The van der Waals surface area contributed by atoms with E-state index in [9.17, 15) is 9.59 Å². The minimum atomic E-state index is -0.612. The van der Waals surface area contributed by atoms with Crippen LogP contribution in [0.1, 0.15) is 71.1 Å². The summed E-state index contributed by atoms with van der Waals surface area (Å²) in [6.45, 7) is 2.24. The molecule has 3 nitrogen and oxygen atoms in total. The minimum Gasteiger partial charge on any atom is -0.391 e. The Balaban J connectivity index is 1.85. The summed E-state index contributed by atoms with van der Waals surface area (Å²) >= 11 is 0. The van der Waals surface area contributed by atoms with Crippen LogP contribution >= 0.6 is 0 Å². The summed E-state index contributed by atoms with van der Waals surface area (Å²) in [4.78, 5) is 21.7. The van der Waals surface area contributed by atoms with Crippen LogP contribution in [0.4, 0.5) is 0 Å². The van der Waals surface area contributed by atoms with Crippen LogP contribution < -0.4 is 0 Å². The lowest BCUT2D eigenvalue weighted by molar-refractivity contribution is -0.180. The van der Waals surface area contributed by atoms with Gasteiger partial charge >= 0.3 is 11.9 Å². The average Bonchev–Trinajstić information content (AvgIpc) is 2.40. The third kappa shape index (κ3) is 6.55. The highest BCUT2D eigenvalue weighted by Crippen LogP contribution is 2.17. The van der Waals surface area contributed by atoms with Crippen molar-refractivity contribution in [3.05, 3.63) is 12.2 Å². The normalized spacial score (nSPS) is 15.8. The van der Waals surface area contributed by atoms with E-state index in [2.05, 4.69) is 11.7 Å². The molecule has 1 saturated heterocycles. The number of cyclic esters (lactones) is 2. The van der Waals surface area contributed by atoms with E-state index >= 15 is 0 Å². The van der Waals surface area contributed by atoms with Crippen LogP contribution in [0.3, 0.4) is 0 Å². The van der Waals surface area contributed by atoms with Gasteiger partial charge in [-0.05, 0) is 12.8 Å². The van der Waals surface area contributed by atoms with Crippen LogP contribution in [0.2, 0.25) is 0 Å². The molecule has 0 aromatic carbocycles. The Kier molecular flexibility index (Phi) is 8.19. The van der Waals surface area contributed by atoms with Crippen LogP contribution in [0.5, 0.6) is 0 Å². The maximum atomic E-state index is 10.9. The molecule has 0 N–H and O–H groups in total. The Morgan fingerprint density at radius 2 is 1.42 bits per heavy atom. The second-order valence-electron chi connectivity index (χ2n) is 5.26. The number of carbonyl (C=O) groups excluding carboxylic acids is 2. The molecule has 0 spiro atoms. The van der Waals surface area contributed by atoms with Gasteiger partial charge in [0.05, 0.1) is 0 Å². The number of esters is 2. The van der Waals surface area contributed by atoms with E-state index < -0.39 is 17.9 Å². The molecule has 1 rings (SSSR count). The van der Waals surface area contributed by atoms with E-state index in [1.165, 1.54) is 51.4 Å². The second-order valence-corrected chi connectivity index (χ2v) is 5.26. The molecule has 3 heteroatoms. The standard InChI is InChI=1S/C16H26O3/c1-2-3-4-5-6-7-8-9-10-11-12-13-14-15(17)19-16(14)18/h12-14H,2-11H2,1H3/b13-12-. The lowest BCUT2D eigenvalue weighted by Crippen LogP contribution is -2.39. The Bertz CT molecular complexity index is 293. The van der Waals surface area contributed by atoms with Gasteiger partial charge in [-0.25, -0.2) is 0 Å². The van der Waals surface area contributed by atoms with Crippen LogP contribution in [0, 0.1) is 5.92 Å². The highest BCUT2D eigenvalue weighted by atomic mass is 16.6. The third-order valence-electron chi connectivity index (χ3n) is 3.51. The zero-order valence-electron chi connectivity index (χ0n) is 12.0. The molecule has 1 aliphatic rings. The van der Waals surface area contributed by atoms with Gasteiger partial charge in [0.25, 0.3) is 0 Å². The van der Waals surface area contributed by atoms with Crippen molar-refractivity contribution in [2.45, 2.75) is 71.1 Å². The second kappa shape index (κ2) is 9.76. The van der Waals surface area contributed by atoms with Crippen molar-refractivity contribution in [1.29, 1.82) is 0 Å². The smallest absolute Gasteiger partial charge is 0.331 e. The quantitative estimate of drug-likeness (QED) is 0.244. The number of carbonyl (C=O) groups is 2. The number of unbranched alkanes of at least 4 members (excludes halogenated alkanes) is 9. The van der Waals surface area contributed by atoms with E-state index in [-0.39, 0.29) is 0 Å². The number of hydrogen-bond donors (Lipinski definition) is 0. The Hall–Kier alpha value is -1.12. The van der Waals surface area contributed by atoms with E-state index in [0.717, 1.165) is 12.8 Å². The van der Waals surface area contributed by atoms with Gasteiger partial charge in [-0.1, -0.05) is 70.4 Å². The zero-order valence-corrected chi connectivity index (χ0v) is 12.0. The maximum Gasteiger partial charge on any atom is 0.331 e. The fourth-order valence-electron chi connectivity index (χ4n) is 2.23. The van der Waals surface area contributed by atoms with Crippen molar-refractivity contribution in [1.82, 2.24) is 0 Å². The third-order valence-corrected chi connectivity index (χ3v) is 3.51. The van der Waals surface area contributed by atoms with Gasteiger partial charge in [0.1, 0.15) is 0 Å². The molecule has 0 aromatic heterocycles. The van der Waals surface area contributed by atoms with Crippen LogP contribution in [0.25, 0.3) is 0 Å². The summed E-state index contributed by atoms with van der Waals surface area (Å²) in [6.07, 6.45) is 16.4. The van der Waals surface area contributed by atoms with Gasteiger partial charge in [-0.15, -0.1) is 0 Å². The molecule has 0 unspecified atom stereocenters. The molecular formula is C16H26O3. The van der Waals surface area contributed by atoms with Crippen molar-refractivity contribution < 1.29 is 14.3 Å². The van der Waals surface area contributed by atoms with Gasteiger partial charge in [0, 0.05) is 0 Å². The summed E-state index contributed by atoms with van der Waals surface area (Å²) in [5, 5.41) is 0. The largest absolute Gasteiger partial charge is 0.391 e. The minimum absolute atomic E-state index is 0.409. The molecule has 108 valence electrons. The summed E-state index contributed by atoms with van der Waals surface area (Å²) in [6, 6.07) is 0. The molecule has 1 aliphatic heterocycles. The molecule has 0 radical (unpaired) electrons. The molecule has 0 aliphatic carbocycles. The molecule has 0 saturated carbocycles. The fraction of sp³-hybridized carbons (Fsp3) is 0.750. The monoisotopic (exact) mass is 266 g/mol. The topological polar surface area (TPSA) is 43.4 Å². The lowest BCUT2D eigenvalue weighted by Gasteiger charge is -2.17. The van der Waals surface area contributed by atoms with E-state index in [1.54, 1.807) is 6.08 Å². The van der Waals surface area contributed by atoms with Gasteiger partial charge in [-0.2, -0.15) is 0 Å². The predicted octanol–water partition coefficient (Wildman–Crippen LogP) is 4.16. The van der Waals surface area contributed by atoms with Crippen LogP contribution in [-0.2, 0) is 14.3 Å². The molecule has 1 fully saturated rings. The Morgan fingerprint density at radius 3 is 1.95 bits per heavy atom. The van der Waals surface area contributed by atoms with Crippen molar-refractivity contribution >= 4 is 11.9 Å². The lowest BCUT2D eigenvalue weighted by atomic mass is 10.0. The number of rotatable bonds is 11. The molecule has 0 bridgehead atoms. The van der Waals surface area contributed by atoms with Gasteiger partial charge in [0.2, 0.25) is 0 Å². The highest BCUT2D eigenvalue weighted by Gasteiger charge is 2.39. The average molecular weight is 266 g/mol. The maximum absolute atomic E-state index is 10.9. The van der Waals surface area contributed by atoms with Crippen molar-refractivity contribution in [3.63, 3.8) is 0 Å². The Labute approximate surface area is 116 Å². The summed E-state index contributed by atoms with van der Waals surface area (Å²) in [5.41, 5.74) is 0. The molecule has 0 aromatic rings. The number of allylic oxidation sites excluding steroid dienone is 1. The van der Waals surface area contributed by atoms with Crippen molar-refractivity contribution in [2.24, 2.45) is 5.92 Å². The number of hydrogen-bond acceptors (Lipinski definition) is 3.